The van der Waals surface area contributed by atoms with Gasteiger partial charge in [-0.25, -0.2) is 8.42 Å². The predicted octanol–water partition coefficient (Wildman–Crippen LogP) is 2.67. The van der Waals surface area contributed by atoms with E-state index in [0.717, 1.165) is 12.8 Å². The Bertz CT molecular complexity index is 621. The molecule has 4 nitrogen and oxygen atoms in total. The molecule has 2 aliphatic rings. The van der Waals surface area contributed by atoms with Crippen LogP contribution in [0.5, 0.6) is 0 Å². The maximum absolute atomic E-state index is 12.8. The molecule has 0 radical (unpaired) electrons. The number of hydrogen-bond acceptors (Lipinski definition) is 3. The van der Waals surface area contributed by atoms with Gasteiger partial charge in [0.25, 0.3) is 0 Å². The van der Waals surface area contributed by atoms with Crippen LogP contribution in [0.4, 0.5) is 0 Å². The second-order valence-electron chi connectivity index (χ2n) is 5.42. The summed E-state index contributed by atoms with van der Waals surface area (Å²) in [6.07, 6.45) is 2.16. The van der Waals surface area contributed by atoms with Gasteiger partial charge in [0.15, 0.2) is 0 Å². The van der Waals surface area contributed by atoms with Gasteiger partial charge in [-0.2, -0.15) is 4.31 Å². The first-order chi connectivity index (χ1) is 9.39. The lowest BCUT2D eigenvalue weighted by molar-refractivity contribution is 0.0769. The molecule has 2 unspecified atom stereocenters. The highest BCUT2D eigenvalue weighted by molar-refractivity contribution is 7.89. The third-order valence-electron chi connectivity index (χ3n) is 4.09. The van der Waals surface area contributed by atoms with E-state index in [1.807, 2.05) is 0 Å². The number of piperidine rings is 1. The second-order valence-corrected chi connectivity index (χ2v) is 8.08. The largest absolute Gasteiger partial charge is 0.393 e. The topological polar surface area (TPSA) is 57.6 Å². The monoisotopic (exact) mass is 335 g/mol. The fourth-order valence-corrected chi connectivity index (χ4v) is 5.92. The molecule has 20 heavy (non-hydrogen) atoms. The lowest BCUT2D eigenvalue weighted by atomic mass is 10.0. The molecule has 7 heteroatoms. The third kappa shape index (κ3) is 2.35. The molecule has 2 bridgehead atoms. The van der Waals surface area contributed by atoms with Gasteiger partial charge in [-0.3, -0.25) is 0 Å². The Hall–Kier alpha value is -0.330. The molecule has 2 fully saturated rings. The van der Waals surface area contributed by atoms with Crippen molar-refractivity contribution >= 4 is 33.2 Å². The number of benzene rings is 1. The third-order valence-corrected chi connectivity index (χ3v) is 6.81. The molecule has 110 valence electrons. The molecule has 2 aliphatic heterocycles. The van der Waals surface area contributed by atoms with Gasteiger partial charge in [0, 0.05) is 17.1 Å². The van der Waals surface area contributed by atoms with Crippen molar-refractivity contribution in [1.82, 2.24) is 4.31 Å². The first-order valence-electron chi connectivity index (χ1n) is 6.56. The minimum absolute atomic E-state index is 0.0555. The van der Waals surface area contributed by atoms with Gasteiger partial charge >= 0.3 is 0 Å². The van der Waals surface area contributed by atoms with Crippen LogP contribution in [0.2, 0.25) is 10.0 Å². The summed E-state index contributed by atoms with van der Waals surface area (Å²) in [6, 6.07) is 4.19. The number of fused-ring (bicyclic) bond motifs is 2. The molecule has 2 saturated heterocycles. The van der Waals surface area contributed by atoms with E-state index >= 15 is 0 Å². The average molecular weight is 336 g/mol. The molecule has 2 atom stereocenters. The quantitative estimate of drug-likeness (QED) is 0.903. The van der Waals surface area contributed by atoms with Crippen LogP contribution in [0.25, 0.3) is 0 Å². The lowest BCUT2D eigenvalue weighted by Crippen LogP contribution is -2.47. The fraction of sp³-hybridized carbons (Fsp3) is 0.538. The van der Waals surface area contributed by atoms with E-state index in [9.17, 15) is 13.5 Å². The van der Waals surface area contributed by atoms with Gasteiger partial charge in [-0.15, -0.1) is 0 Å². The molecular weight excluding hydrogens is 321 g/mol. The smallest absolute Gasteiger partial charge is 0.245 e. The Morgan fingerprint density at radius 1 is 1.15 bits per heavy atom. The lowest BCUT2D eigenvalue weighted by Gasteiger charge is -2.36. The molecule has 2 heterocycles. The summed E-state index contributed by atoms with van der Waals surface area (Å²) in [5.41, 5.74) is 0. The van der Waals surface area contributed by atoms with Crippen LogP contribution < -0.4 is 0 Å². The van der Waals surface area contributed by atoms with E-state index < -0.39 is 16.1 Å². The van der Waals surface area contributed by atoms with Gasteiger partial charge in [-0.1, -0.05) is 23.2 Å². The zero-order chi connectivity index (χ0) is 14.5. The minimum Gasteiger partial charge on any atom is -0.393 e. The Labute approximate surface area is 128 Å². The molecule has 3 rings (SSSR count). The van der Waals surface area contributed by atoms with Crippen molar-refractivity contribution < 1.29 is 13.5 Å². The summed E-state index contributed by atoms with van der Waals surface area (Å²) in [5.74, 6) is 0. The number of aliphatic hydroxyl groups excluding tert-OH is 1. The van der Waals surface area contributed by atoms with Gasteiger partial charge in [0.1, 0.15) is 4.90 Å². The standard InChI is InChI=1S/C13H15Cl2NO3S/c14-8-1-4-12(15)13(5-8)20(18,19)16-9-2-3-10(16)7-11(17)6-9/h1,4-5,9-11,17H,2-3,6-7H2. The van der Waals surface area contributed by atoms with Crippen molar-refractivity contribution in [1.29, 1.82) is 0 Å². The second kappa shape index (κ2) is 5.14. The predicted molar refractivity (Wildman–Crippen MR) is 77.5 cm³/mol. The van der Waals surface area contributed by atoms with Gasteiger partial charge in [0.2, 0.25) is 10.0 Å². The van der Waals surface area contributed by atoms with Crippen LogP contribution in [0.15, 0.2) is 23.1 Å². The Morgan fingerprint density at radius 3 is 2.35 bits per heavy atom. The molecule has 1 N–H and O–H groups in total. The fourth-order valence-electron chi connectivity index (χ4n) is 3.29. The number of aliphatic hydroxyl groups is 1. The highest BCUT2D eigenvalue weighted by Crippen LogP contribution is 2.41. The zero-order valence-corrected chi connectivity index (χ0v) is 13.0. The van der Waals surface area contributed by atoms with Crippen LogP contribution >= 0.6 is 23.2 Å². The van der Waals surface area contributed by atoms with Crippen molar-refractivity contribution in [2.24, 2.45) is 0 Å². The molecule has 0 saturated carbocycles. The summed E-state index contributed by atoms with van der Waals surface area (Å²) >= 11 is 11.9. The zero-order valence-electron chi connectivity index (χ0n) is 10.7. The molecule has 0 aromatic heterocycles. The van der Waals surface area contributed by atoms with E-state index in [1.165, 1.54) is 16.4 Å². The molecule has 0 aliphatic carbocycles. The first kappa shape index (κ1) is 14.6. The summed E-state index contributed by atoms with van der Waals surface area (Å²) in [7, 11) is -3.67. The number of hydrogen-bond donors (Lipinski definition) is 1. The highest BCUT2D eigenvalue weighted by atomic mass is 35.5. The van der Waals surface area contributed by atoms with E-state index in [-0.39, 0.29) is 22.0 Å². The van der Waals surface area contributed by atoms with Crippen molar-refractivity contribution in [3.8, 4) is 0 Å². The van der Waals surface area contributed by atoms with Crippen molar-refractivity contribution in [2.75, 3.05) is 0 Å². The van der Waals surface area contributed by atoms with Crippen LogP contribution in [-0.2, 0) is 10.0 Å². The van der Waals surface area contributed by atoms with Crippen LogP contribution in [0.3, 0.4) is 0 Å². The number of sulfonamides is 1. The van der Waals surface area contributed by atoms with Gasteiger partial charge in [0.05, 0.1) is 11.1 Å². The maximum Gasteiger partial charge on any atom is 0.245 e. The molecule has 1 aromatic carbocycles. The van der Waals surface area contributed by atoms with Crippen molar-refractivity contribution in [3.63, 3.8) is 0 Å². The van der Waals surface area contributed by atoms with E-state index in [2.05, 4.69) is 0 Å². The highest BCUT2D eigenvalue weighted by Gasteiger charge is 2.47. The molecular formula is C13H15Cl2NO3S. The Morgan fingerprint density at radius 2 is 1.75 bits per heavy atom. The molecule has 1 aromatic rings. The van der Waals surface area contributed by atoms with Crippen LogP contribution in [0, 0.1) is 0 Å². The van der Waals surface area contributed by atoms with E-state index in [1.54, 1.807) is 6.07 Å². The van der Waals surface area contributed by atoms with Crippen LogP contribution in [-0.4, -0.2) is 36.0 Å². The summed E-state index contributed by atoms with van der Waals surface area (Å²) in [4.78, 5) is 0.0555. The minimum atomic E-state index is -3.67. The molecule has 0 spiro atoms. The van der Waals surface area contributed by atoms with Gasteiger partial charge < -0.3 is 5.11 Å². The number of nitrogens with zero attached hydrogens (tertiary/aromatic N) is 1. The van der Waals surface area contributed by atoms with E-state index in [4.69, 9.17) is 23.2 Å². The van der Waals surface area contributed by atoms with Crippen LogP contribution in [0.1, 0.15) is 25.7 Å². The summed E-state index contributed by atoms with van der Waals surface area (Å²) in [6.45, 7) is 0. The summed E-state index contributed by atoms with van der Waals surface area (Å²) < 4.78 is 27.2. The Balaban J connectivity index is 2.03. The number of rotatable bonds is 2. The van der Waals surface area contributed by atoms with Gasteiger partial charge in [-0.05, 0) is 43.9 Å². The average Bonchev–Trinajstić information content (AvgIpc) is 2.66. The summed E-state index contributed by atoms with van der Waals surface area (Å²) in [5, 5.41) is 10.3. The number of halogens is 2. The Kier molecular flexibility index (Phi) is 3.75. The normalized spacial score (nSPS) is 30.6. The molecule has 0 amide bonds. The first-order valence-corrected chi connectivity index (χ1v) is 8.76. The van der Waals surface area contributed by atoms with E-state index in [0.29, 0.717) is 17.9 Å². The van der Waals surface area contributed by atoms with Crippen molar-refractivity contribution in [3.05, 3.63) is 28.2 Å². The SMILES string of the molecule is O=S(=O)(c1cc(Cl)ccc1Cl)N1C2CCC1CC(O)C2. The van der Waals surface area contributed by atoms with Crippen molar-refractivity contribution in [2.45, 2.75) is 48.8 Å². The maximum atomic E-state index is 12.8.